The predicted octanol–water partition coefficient (Wildman–Crippen LogP) is 2.45. The zero-order valence-corrected chi connectivity index (χ0v) is 17.0. The summed E-state index contributed by atoms with van der Waals surface area (Å²) < 4.78 is 0. The zero-order chi connectivity index (χ0) is 21.4. The fourth-order valence-electron chi connectivity index (χ4n) is 2.56. The molecular weight excluding hydrogens is 392 g/mol. The number of rotatable bonds is 8. The molecule has 29 heavy (non-hydrogen) atoms. The Balaban J connectivity index is 2.30. The summed E-state index contributed by atoms with van der Waals surface area (Å²) in [5.41, 5.74) is 1.90. The summed E-state index contributed by atoms with van der Waals surface area (Å²) >= 11 is 5.88. The van der Waals surface area contributed by atoms with E-state index in [4.69, 9.17) is 11.6 Å². The van der Waals surface area contributed by atoms with Crippen LogP contribution in [0.3, 0.4) is 0 Å². The third-order valence-electron chi connectivity index (χ3n) is 4.15. The Kier molecular flexibility index (Phi) is 7.98. The van der Waals surface area contributed by atoms with Gasteiger partial charge in [0.05, 0.1) is 12.0 Å². The van der Waals surface area contributed by atoms with Gasteiger partial charge < -0.3 is 20.5 Å². The molecule has 0 saturated carbocycles. The second-order valence-corrected chi connectivity index (χ2v) is 7.00. The fraction of sp³-hybridized carbons (Fsp3) is 0.227. The second kappa shape index (κ2) is 10.4. The monoisotopic (exact) mass is 413 g/mol. The summed E-state index contributed by atoms with van der Waals surface area (Å²) in [4.78, 5) is 36.6. The van der Waals surface area contributed by atoms with Gasteiger partial charge in [-0.3, -0.25) is 9.59 Å². The van der Waals surface area contributed by atoms with Crippen LogP contribution in [0.1, 0.15) is 41.3 Å². The van der Waals surface area contributed by atoms with Gasteiger partial charge >= 0.3 is 0 Å². The molecule has 7 heteroatoms. The maximum atomic E-state index is 12.7. The van der Waals surface area contributed by atoms with Crippen LogP contribution in [0.15, 0.2) is 54.2 Å². The van der Waals surface area contributed by atoms with E-state index in [1.54, 1.807) is 55.5 Å². The van der Waals surface area contributed by atoms with Gasteiger partial charge in [-0.05, 0) is 49.2 Å². The third kappa shape index (κ3) is 6.76. The number of halogens is 1. The number of benzene rings is 2. The Bertz CT molecular complexity index is 905. The van der Waals surface area contributed by atoms with E-state index in [1.807, 2.05) is 6.92 Å². The number of carbonyl (C=O) groups is 3. The minimum Gasteiger partial charge on any atom is -0.548 e. The number of amides is 2. The average molecular weight is 414 g/mol. The largest absolute Gasteiger partial charge is 0.548 e. The predicted molar refractivity (Wildman–Crippen MR) is 110 cm³/mol. The molecule has 0 aliphatic carbocycles. The second-order valence-electron chi connectivity index (χ2n) is 6.56. The van der Waals surface area contributed by atoms with Gasteiger partial charge in [0.2, 0.25) is 0 Å². The average Bonchev–Trinajstić information content (AvgIpc) is 2.69. The number of carboxylic acid groups (broad SMARTS) is 1. The maximum Gasteiger partial charge on any atom is 0.268 e. The van der Waals surface area contributed by atoms with E-state index in [0.717, 1.165) is 5.56 Å². The van der Waals surface area contributed by atoms with Crippen molar-refractivity contribution in [3.05, 3.63) is 75.9 Å². The lowest BCUT2D eigenvalue weighted by Gasteiger charge is -2.20. The lowest BCUT2D eigenvalue weighted by molar-refractivity contribution is -0.308. The molecular formula is C22H22ClN2O4-. The van der Waals surface area contributed by atoms with Crippen LogP contribution in [0.5, 0.6) is 0 Å². The normalized spacial score (nSPS) is 12.2. The van der Waals surface area contributed by atoms with Crippen LogP contribution >= 0.6 is 11.6 Å². The van der Waals surface area contributed by atoms with Crippen molar-refractivity contribution in [2.45, 2.75) is 32.7 Å². The van der Waals surface area contributed by atoms with Crippen LogP contribution in [0.2, 0.25) is 5.02 Å². The number of carbonyl (C=O) groups excluding carboxylic acids is 3. The van der Waals surface area contributed by atoms with E-state index in [1.165, 1.54) is 6.08 Å². The highest BCUT2D eigenvalue weighted by Gasteiger charge is 2.19. The van der Waals surface area contributed by atoms with Crippen LogP contribution in [0.4, 0.5) is 0 Å². The number of aryl methyl sites for hydroxylation is 1. The highest BCUT2D eigenvalue weighted by Crippen LogP contribution is 2.13. The Hall–Kier alpha value is -3.12. The summed E-state index contributed by atoms with van der Waals surface area (Å²) in [5.74, 6) is -2.58. The third-order valence-corrected chi connectivity index (χ3v) is 4.41. The van der Waals surface area contributed by atoms with E-state index >= 15 is 0 Å². The van der Waals surface area contributed by atoms with E-state index in [0.29, 0.717) is 22.6 Å². The minimum atomic E-state index is -1.38. The van der Waals surface area contributed by atoms with Gasteiger partial charge in [-0.25, -0.2) is 0 Å². The standard InChI is InChI=1S/C22H23ClN2O4/c1-3-4-18(22(28)29)24-21(27)19(13-15-7-11-17(23)12-8-15)25-20(26)16-9-5-14(2)6-10-16/h5-13,18H,3-4H2,1-2H3,(H,24,27)(H,25,26)(H,28,29)/p-1/b19-13+/t18-/m1/s1. The molecule has 0 aliphatic rings. The molecule has 2 amide bonds. The first-order valence-electron chi connectivity index (χ1n) is 9.17. The molecule has 1 atom stereocenters. The van der Waals surface area contributed by atoms with Crippen molar-refractivity contribution in [3.63, 3.8) is 0 Å². The van der Waals surface area contributed by atoms with Crippen LogP contribution in [-0.2, 0) is 9.59 Å². The van der Waals surface area contributed by atoms with Crippen molar-refractivity contribution in [2.24, 2.45) is 0 Å². The van der Waals surface area contributed by atoms with E-state index < -0.39 is 23.8 Å². The Morgan fingerprint density at radius 2 is 1.69 bits per heavy atom. The lowest BCUT2D eigenvalue weighted by atomic mass is 10.1. The number of carboxylic acids is 1. The number of nitrogens with one attached hydrogen (secondary N) is 2. The Labute approximate surface area is 174 Å². The summed E-state index contributed by atoms with van der Waals surface area (Å²) in [6.45, 7) is 3.69. The van der Waals surface area contributed by atoms with Gasteiger partial charge in [0, 0.05) is 10.6 Å². The van der Waals surface area contributed by atoms with Gasteiger partial charge in [0.25, 0.3) is 11.8 Å². The first-order valence-corrected chi connectivity index (χ1v) is 9.55. The number of hydrogen-bond donors (Lipinski definition) is 2. The first kappa shape index (κ1) is 22.2. The maximum absolute atomic E-state index is 12.7. The molecule has 2 aromatic rings. The fourth-order valence-corrected chi connectivity index (χ4v) is 2.68. The molecule has 0 fully saturated rings. The SMILES string of the molecule is CCC[C@@H](NC(=O)/C(=C\c1ccc(Cl)cc1)NC(=O)c1ccc(C)cc1)C(=O)[O-]. The quantitative estimate of drug-likeness (QED) is 0.649. The summed E-state index contributed by atoms with van der Waals surface area (Å²) in [5, 5.41) is 16.8. The smallest absolute Gasteiger partial charge is 0.268 e. The molecule has 0 unspecified atom stereocenters. The molecule has 0 heterocycles. The number of aliphatic carboxylic acids is 1. The molecule has 2 aromatic carbocycles. The van der Waals surface area contributed by atoms with Crippen molar-refractivity contribution < 1.29 is 19.5 Å². The molecule has 0 radical (unpaired) electrons. The Morgan fingerprint density at radius 1 is 1.07 bits per heavy atom. The Morgan fingerprint density at radius 3 is 2.24 bits per heavy atom. The minimum absolute atomic E-state index is 0.0831. The van der Waals surface area contributed by atoms with Gasteiger partial charge in [-0.2, -0.15) is 0 Å². The topological polar surface area (TPSA) is 98.3 Å². The highest BCUT2D eigenvalue weighted by molar-refractivity contribution is 6.30. The molecule has 0 aliphatic heterocycles. The summed E-state index contributed by atoms with van der Waals surface area (Å²) in [6.07, 6.45) is 2.22. The molecule has 0 spiro atoms. The first-order chi connectivity index (χ1) is 13.8. The highest BCUT2D eigenvalue weighted by atomic mass is 35.5. The van der Waals surface area contributed by atoms with Crippen molar-refractivity contribution in [2.75, 3.05) is 0 Å². The van der Waals surface area contributed by atoms with E-state index in [2.05, 4.69) is 10.6 Å². The van der Waals surface area contributed by atoms with Gasteiger partial charge in [-0.15, -0.1) is 0 Å². The molecule has 152 valence electrons. The van der Waals surface area contributed by atoms with Crippen LogP contribution in [0, 0.1) is 6.92 Å². The van der Waals surface area contributed by atoms with Gasteiger partial charge in [0.15, 0.2) is 0 Å². The molecule has 6 nitrogen and oxygen atoms in total. The van der Waals surface area contributed by atoms with Crippen molar-refractivity contribution in [1.29, 1.82) is 0 Å². The van der Waals surface area contributed by atoms with Crippen LogP contribution < -0.4 is 15.7 Å². The zero-order valence-electron chi connectivity index (χ0n) is 16.2. The molecule has 0 saturated heterocycles. The summed E-state index contributed by atoms with van der Waals surface area (Å²) in [7, 11) is 0. The molecule has 2 N–H and O–H groups in total. The number of hydrogen-bond acceptors (Lipinski definition) is 4. The van der Waals surface area contributed by atoms with Crippen molar-refractivity contribution >= 4 is 35.5 Å². The lowest BCUT2D eigenvalue weighted by Crippen LogP contribution is -2.49. The molecule has 2 rings (SSSR count). The molecule has 0 aromatic heterocycles. The summed E-state index contributed by atoms with van der Waals surface area (Å²) in [6, 6.07) is 12.3. The van der Waals surface area contributed by atoms with Crippen molar-refractivity contribution in [1.82, 2.24) is 10.6 Å². The van der Waals surface area contributed by atoms with E-state index in [9.17, 15) is 19.5 Å². The van der Waals surface area contributed by atoms with Crippen LogP contribution in [0.25, 0.3) is 6.08 Å². The van der Waals surface area contributed by atoms with Gasteiger partial charge in [0.1, 0.15) is 5.70 Å². The van der Waals surface area contributed by atoms with E-state index in [-0.39, 0.29) is 12.1 Å². The van der Waals surface area contributed by atoms with Gasteiger partial charge in [-0.1, -0.05) is 54.8 Å². The van der Waals surface area contributed by atoms with Crippen molar-refractivity contribution in [3.8, 4) is 0 Å². The van der Waals surface area contributed by atoms with Crippen LogP contribution in [-0.4, -0.2) is 23.8 Å². The molecule has 0 bridgehead atoms.